The van der Waals surface area contributed by atoms with Crippen molar-refractivity contribution in [3.63, 3.8) is 0 Å². The molecule has 1 unspecified atom stereocenters. The van der Waals surface area contributed by atoms with Crippen LogP contribution in [0.4, 0.5) is 0 Å². The Kier molecular flexibility index (Phi) is 3.36. The molecular weight excluding hydrogens is 284 g/mol. The standard InChI is InChI=1S/C18H17ClO2/c19-18(12-7-9-20-10-8-12)13-5-6-17-15(11-13)14-3-1-2-4-16(14)21-17/h1-6,11-12,18H,7-10H2. The van der Waals surface area contributed by atoms with E-state index in [0.29, 0.717) is 5.92 Å². The maximum atomic E-state index is 6.72. The van der Waals surface area contributed by atoms with Crippen molar-refractivity contribution in [3.8, 4) is 0 Å². The number of alkyl halides is 1. The lowest BCUT2D eigenvalue weighted by molar-refractivity contribution is 0.0651. The molecule has 2 aromatic carbocycles. The summed E-state index contributed by atoms with van der Waals surface area (Å²) in [5.74, 6) is 0.496. The second-order valence-corrected chi connectivity index (χ2v) is 6.18. The molecule has 1 aromatic heterocycles. The first kappa shape index (κ1) is 13.2. The van der Waals surface area contributed by atoms with E-state index < -0.39 is 0 Å². The highest BCUT2D eigenvalue weighted by atomic mass is 35.5. The summed E-state index contributed by atoms with van der Waals surface area (Å²) in [5.41, 5.74) is 3.04. The molecule has 4 rings (SSSR count). The fourth-order valence-electron chi connectivity index (χ4n) is 3.20. The number of halogens is 1. The molecule has 1 atom stereocenters. The van der Waals surface area contributed by atoms with Gasteiger partial charge in [-0.15, -0.1) is 11.6 Å². The highest BCUT2D eigenvalue weighted by molar-refractivity contribution is 6.21. The third kappa shape index (κ3) is 2.33. The first-order chi connectivity index (χ1) is 10.3. The summed E-state index contributed by atoms with van der Waals surface area (Å²) < 4.78 is 11.3. The molecule has 0 saturated carbocycles. The van der Waals surface area contributed by atoms with Gasteiger partial charge in [-0.25, -0.2) is 0 Å². The first-order valence-electron chi connectivity index (χ1n) is 7.46. The van der Waals surface area contributed by atoms with Crippen molar-refractivity contribution in [1.82, 2.24) is 0 Å². The van der Waals surface area contributed by atoms with E-state index in [9.17, 15) is 0 Å². The van der Waals surface area contributed by atoms with E-state index in [0.717, 1.165) is 48.0 Å². The number of benzene rings is 2. The summed E-state index contributed by atoms with van der Waals surface area (Å²) in [6.07, 6.45) is 2.08. The molecule has 1 fully saturated rings. The van der Waals surface area contributed by atoms with Gasteiger partial charge >= 0.3 is 0 Å². The molecule has 3 heteroatoms. The smallest absolute Gasteiger partial charge is 0.135 e. The number of furan rings is 1. The molecule has 0 spiro atoms. The van der Waals surface area contributed by atoms with Gasteiger partial charge in [0.1, 0.15) is 11.2 Å². The van der Waals surface area contributed by atoms with Crippen LogP contribution in [0.1, 0.15) is 23.8 Å². The Morgan fingerprint density at radius 3 is 2.57 bits per heavy atom. The minimum Gasteiger partial charge on any atom is -0.456 e. The van der Waals surface area contributed by atoms with Crippen molar-refractivity contribution < 1.29 is 9.15 Å². The number of rotatable bonds is 2. The van der Waals surface area contributed by atoms with Crippen molar-refractivity contribution in [2.24, 2.45) is 5.92 Å². The Morgan fingerprint density at radius 2 is 1.71 bits per heavy atom. The minimum atomic E-state index is 0.0481. The van der Waals surface area contributed by atoms with Gasteiger partial charge < -0.3 is 9.15 Å². The average Bonchev–Trinajstić information content (AvgIpc) is 2.93. The SMILES string of the molecule is ClC(c1ccc2oc3ccccc3c2c1)C1CCOCC1. The molecule has 0 radical (unpaired) electrons. The van der Waals surface area contributed by atoms with Gasteiger partial charge in [0, 0.05) is 24.0 Å². The third-order valence-electron chi connectivity index (χ3n) is 4.40. The van der Waals surface area contributed by atoms with Crippen LogP contribution in [0.5, 0.6) is 0 Å². The summed E-state index contributed by atoms with van der Waals surface area (Å²) in [7, 11) is 0. The summed E-state index contributed by atoms with van der Waals surface area (Å²) in [6, 6.07) is 14.5. The van der Waals surface area contributed by atoms with E-state index in [1.807, 2.05) is 24.3 Å². The Balaban J connectivity index is 1.76. The van der Waals surface area contributed by atoms with Crippen molar-refractivity contribution in [3.05, 3.63) is 48.0 Å². The second kappa shape index (κ2) is 5.36. The number of para-hydroxylation sites is 1. The third-order valence-corrected chi connectivity index (χ3v) is 5.01. The zero-order valence-electron chi connectivity index (χ0n) is 11.7. The maximum absolute atomic E-state index is 6.72. The van der Waals surface area contributed by atoms with Gasteiger partial charge in [0.2, 0.25) is 0 Å². The lowest BCUT2D eigenvalue weighted by Crippen LogP contribution is -2.19. The maximum Gasteiger partial charge on any atom is 0.135 e. The number of ether oxygens (including phenoxy) is 1. The van der Waals surface area contributed by atoms with Crippen LogP contribution in [0.25, 0.3) is 21.9 Å². The Hall–Kier alpha value is -1.51. The van der Waals surface area contributed by atoms with Crippen LogP contribution in [0.15, 0.2) is 46.9 Å². The molecule has 2 heterocycles. The van der Waals surface area contributed by atoms with E-state index in [1.165, 1.54) is 5.56 Å². The Bertz CT molecular complexity index is 771. The van der Waals surface area contributed by atoms with Gasteiger partial charge in [-0.05, 0) is 42.5 Å². The zero-order valence-corrected chi connectivity index (χ0v) is 12.5. The molecule has 3 aromatic rings. The van der Waals surface area contributed by atoms with Gasteiger partial charge in [-0.2, -0.15) is 0 Å². The van der Waals surface area contributed by atoms with Gasteiger partial charge in [-0.3, -0.25) is 0 Å². The van der Waals surface area contributed by atoms with Crippen molar-refractivity contribution >= 4 is 33.5 Å². The van der Waals surface area contributed by atoms with Crippen LogP contribution in [0.3, 0.4) is 0 Å². The van der Waals surface area contributed by atoms with Crippen molar-refractivity contribution in [2.75, 3.05) is 13.2 Å². The van der Waals surface area contributed by atoms with E-state index in [-0.39, 0.29) is 5.38 Å². The van der Waals surface area contributed by atoms with E-state index >= 15 is 0 Å². The van der Waals surface area contributed by atoms with E-state index in [2.05, 4.69) is 18.2 Å². The Labute approximate surface area is 128 Å². The van der Waals surface area contributed by atoms with Crippen molar-refractivity contribution in [1.29, 1.82) is 0 Å². The molecule has 1 saturated heterocycles. The average molecular weight is 301 g/mol. The van der Waals surface area contributed by atoms with Crippen molar-refractivity contribution in [2.45, 2.75) is 18.2 Å². The monoisotopic (exact) mass is 300 g/mol. The molecule has 1 aliphatic rings. The van der Waals surface area contributed by atoms with Crippen LogP contribution in [0.2, 0.25) is 0 Å². The van der Waals surface area contributed by atoms with E-state index in [1.54, 1.807) is 0 Å². The molecule has 108 valence electrons. The van der Waals surface area contributed by atoms with Gasteiger partial charge in [0.15, 0.2) is 0 Å². The second-order valence-electron chi connectivity index (χ2n) is 5.71. The fraction of sp³-hybridized carbons (Fsp3) is 0.333. The summed E-state index contributed by atoms with van der Waals surface area (Å²) in [4.78, 5) is 0. The number of hydrogen-bond donors (Lipinski definition) is 0. The quantitative estimate of drug-likeness (QED) is 0.600. The Morgan fingerprint density at radius 1 is 0.952 bits per heavy atom. The van der Waals surface area contributed by atoms with Crippen LogP contribution in [-0.4, -0.2) is 13.2 Å². The van der Waals surface area contributed by atoms with Gasteiger partial charge in [-0.1, -0.05) is 24.3 Å². The molecule has 1 aliphatic heterocycles. The highest BCUT2D eigenvalue weighted by Gasteiger charge is 2.24. The molecule has 21 heavy (non-hydrogen) atoms. The molecule has 0 N–H and O–H groups in total. The summed E-state index contributed by atoms with van der Waals surface area (Å²) in [6.45, 7) is 1.65. The normalized spacial score (nSPS) is 18.3. The zero-order chi connectivity index (χ0) is 14.2. The topological polar surface area (TPSA) is 22.4 Å². The predicted octanol–water partition coefficient (Wildman–Crippen LogP) is 5.29. The van der Waals surface area contributed by atoms with Gasteiger partial charge in [0.05, 0.1) is 5.38 Å². The summed E-state index contributed by atoms with van der Waals surface area (Å²) >= 11 is 6.72. The highest BCUT2D eigenvalue weighted by Crippen LogP contribution is 2.38. The summed E-state index contributed by atoms with van der Waals surface area (Å²) in [5, 5.41) is 2.36. The predicted molar refractivity (Wildman–Crippen MR) is 85.9 cm³/mol. The van der Waals surface area contributed by atoms with Crippen LogP contribution in [-0.2, 0) is 4.74 Å². The van der Waals surface area contributed by atoms with Crippen LogP contribution in [0, 0.1) is 5.92 Å². The largest absolute Gasteiger partial charge is 0.456 e. The van der Waals surface area contributed by atoms with Gasteiger partial charge in [0.25, 0.3) is 0 Å². The number of fused-ring (bicyclic) bond motifs is 3. The lowest BCUT2D eigenvalue weighted by Gasteiger charge is -2.26. The molecular formula is C18H17ClO2. The molecule has 0 bridgehead atoms. The molecule has 0 aliphatic carbocycles. The first-order valence-corrected chi connectivity index (χ1v) is 7.89. The van der Waals surface area contributed by atoms with Crippen LogP contribution >= 0.6 is 11.6 Å². The lowest BCUT2D eigenvalue weighted by atomic mass is 9.91. The minimum absolute atomic E-state index is 0.0481. The van der Waals surface area contributed by atoms with E-state index in [4.69, 9.17) is 20.8 Å². The number of hydrogen-bond acceptors (Lipinski definition) is 2. The molecule has 0 amide bonds. The fourth-order valence-corrected chi connectivity index (χ4v) is 3.58. The molecule has 2 nitrogen and oxygen atoms in total. The van der Waals surface area contributed by atoms with Crippen LogP contribution < -0.4 is 0 Å².